The molecule has 0 fully saturated rings. The van der Waals surface area contributed by atoms with E-state index in [0.29, 0.717) is 28.0 Å². The second-order valence-corrected chi connectivity index (χ2v) is 5.47. The maximum absolute atomic E-state index is 12.0. The van der Waals surface area contributed by atoms with Gasteiger partial charge in [0.25, 0.3) is 0 Å². The van der Waals surface area contributed by atoms with Crippen molar-refractivity contribution in [2.75, 3.05) is 7.11 Å². The molecule has 1 heterocycles. The molecule has 3 rings (SSSR count). The second kappa shape index (κ2) is 6.68. The Morgan fingerprint density at radius 3 is 2.48 bits per heavy atom. The SMILES string of the molecule is COc1cc(C(C)=O)c(OCc2ccc(C(=O)O)cc2)c2ccoc12. The van der Waals surface area contributed by atoms with Crippen LogP contribution in [0.1, 0.15) is 33.2 Å². The molecule has 6 nitrogen and oxygen atoms in total. The zero-order valence-electron chi connectivity index (χ0n) is 13.7. The highest BCUT2D eigenvalue weighted by molar-refractivity contribution is 6.04. The van der Waals surface area contributed by atoms with Gasteiger partial charge in [-0.25, -0.2) is 4.79 Å². The van der Waals surface area contributed by atoms with Gasteiger partial charge in [-0.05, 0) is 36.8 Å². The van der Waals surface area contributed by atoms with Gasteiger partial charge in [0.1, 0.15) is 12.4 Å². The minimum atomic E-state index is -0.985. The fraction of sp³-hybridized carbons (Fsp3) is 0.158. The first-order chi connectivity index (χ1) is 12.0. The Labute approximate surface area is 143 Å². The van der Waals surface area contributed by atoms with Crippen molar-refractivity contribution in [1.82, 2.24) is 0 Å². The number of ketones is 1. The van der Waals surface area contributed by atoms with E-state index in [1.54, 1.807) is 24.3 Å². The van der Waals surface area contributed by atoms with Gasteiger partial charge < -0.3 is 19.0 Å². The summed E-state index contributed by atoms with van der Waals surface area (Å²) in [4.78, 5) is 22.9. The molecule has 25 heavy (non-hydrogen) atoms. The third kappa shape index (κ3) is 3.19. The topological polar surface area (TPSA) is 86.0 Å². The van der Waals surface area contributed by atoms with E-state index in [1.165, 1.54) is 32.4 Å². The van der Waals surface area contributed by atoms with Crippen molar-refractivity contribution in [3.63, 3.8) is 0 Å². The van der Waals surface area contributed by atoms with Crippen molar-refractivity contribution in [2.24, 2.45) is 0 Å². The van der Waals surface area contributed by atoms with Crippen LogP contribution in [0.3, 0.4) is 0 Å². The molecule has 0 radical (unpaired) electrons. The first-order valence-electron chi connectivity index (χ1n) is 7.55. The molecule has 128 valence electrons. The maximum Gasteiger partial charge on any atom is 0.335 e. The lowest BCUT2D eigenvalue weighted by atomic mass is 10.1. The Morgan fingerprint density at radius 2 is 1.88 bits per heavy atom. The molecule has 1 N–H and O–H groups in total. The van der Waals surface area contributed by atoms with Crippen molar-refractivity contribution in [3.05, 3.63) is 59.4 Å². The highest BCUT2D eigenvalue weighted by atomic mass is 16.5. The summed E-state index contributed by atoms with van der Waals surface area (Å²) in [6.07, 6.45) is 1.51. The number of hydrogen-bond donors (Lipinski definition) is 1. The Balaban J connectivity index is 1.95. The third-order valence-corrected chi connectivity index (χ3v) is 3.84. The summed E-state index contributed by atoms with van der Waals surface area (Å²) in [5, 5.41) is 9.58. The number of carbonyl (C=O) groups excluding carboxylic acids is 1. The molecule has 0 aliphatic carbocycles. The lowest BCUT2D eigenvalue weighted by Gasteiger charge is -2.13. The van der Waals surface area contributed by atoms with E-state index in [4.69, 9.17) is 19.0 Å². The molecule has 0 spiro atoms. The quantitative estimate of drug-likeness (QED) is 0.685. The number of carboxylic acid groups (broad SMARTS) is 1. The Bertz CT molecular complexity index is 936. The molecule has 0 bridgehead atoms. The van der Waals surface area contributed by atoms with Gasteiger partial charge in [0.2, 0.25) is 0 Å². The monoisotopic (exact) mass is 340 g/mol. The first-order valence-corrected chi connectivity index (χ1v) is 7.55. The van der Waals surface area contributed by atoms with Crippen molar-refractivity contribution in [3.8, 4) is 11.5 Å². The van der Waals surface area contributed by atoms with Gasteiger partial charge in [-0.15, -0.1) is 0 Å². The summed E-state index contributed by atoms with van der Waals surface area (Å²) in [5.41, 5.74) is 1.89. The highest BCUT2D eigenvalue weighted by Crippen LogP contribution is 2.38. The summed E-state index contributed by atoms with van der Waals surface area (Å²) in [5.74, 6) is -0.262. The van der Waals surface area contributed by atoms with Crippen LogP contribution in [0.25, 0.3) is 11.0 Å². The molecule has 0 unspecified atom stereocenters. The zero-order valence-corrected chi connectivity index (χ0v) is 13.7. The Kier molecular flexibility index (Phi) is 4.43. The number of furan rings is 1. The summed E-state index contributed by atoms with van der Waals surface area (Å²) in [6.45, 7) is 1.64. The van der Waals surface area contributed by atoms with Gasteiger partial charge in [0, 0.05) is 0 Å². The van der Waals surface area contributed by atoms with Gasteiger partial charge in [0.15, 0.2) is 17.1 Å². The van der Waals surface area contributed by atoms with Crippen LogP contribution in [0, 0.1) is 0 Å². The summed E-state index contributed by atoms with van der Waals surface area (Å²) in [7, 11) is 1.51. The maximum atomic E-state index is 12.0. The number of hydrogen-bond acceptors (Lipinski definition) is 5. The second-order valence-electron chi connectivity index (χ2n) is 5.47. The molecule has 1 aromatic heterocycles. The summed E-state index contributed by atoms with van der Waals surface area (Å²) < 4.78 is 16.6. The van der Waals surface area contributed by atoms with Gasteiger partial charge in [-0.2, -0.15) is 0 Å². The molecular weight excluding hydrogens is 324 g/mol. The zero-order chi connectivity index (χ0) is 18.0. The number of rotatable bonds is 6. The van der Waals surface area contributed by atoms with E-state index in [1.807, 2.05) is 0 Å². The highest BCUT2D eigenvalue weighted by Gasteiger charge is 2.19. The molecule has 0 aliphatic heterocycles. The molecule has 6 heteroatoms. The van der Waals surface area contributed by atoms with Crippen LogP contribution in [0.4, 0.5) is 0 Å². The molecular formula is C19H16O6. The molecule has 0 saturated carbocycles. The largest absolute Gasteiger partial charge is 0.493 e. The third-order valence-electron chi connectivity index (χ3n) is 3.84. The fourth-order valence-corrected chi connectivity index (χ4v) is 2.55. The number of carboxylic acids is 1. The van der Waals surface area contributed by atoms with E-state index < -0.39 is 5.97 Å². The molecule has 0 aliphatic rings. The Hall–Kier alpha value is -3.28. The molecule has 0 atom stereocenters. The molecule has 2 aromatic carbocycles. The van der Waals surface area contributed by atoms with Crippen LogP contribution >= 0.6 is 0 Å². The summed E-state index contributed by atoms with van der Waals surface area (Å²) >= 11 is 0. The number of Topliss-reactive ketones (excluding diaryl/α,β-unsaturated/α-hetero) is 1. The number of carbonyl (C=O) groups is 2. The van der Waals surface area contributed by atoms with Gasteiger partial charge >= 0.3 is 5.97 Å². The van der Waals surface area contributed by atoms with E-state index in [-0.39, 0.29) is 18.0 Å². The van der Waals surface area contributed by atoms with Crippen LogP contribution < -0.4 is 9.47 Å². The van der Waals surface area contributed by atoms with Crippen molar-refractivity contribution < 1.29 is 28.6 Å². The van der Waals surface area contributed by atoms with Crippen LogP contribution in [-0.2, 0) is 6.61 Å². The Morgan fingerprint density at radius 1 is 1.16 bits per heavy atom. The fourth-order valence-electron chi connectivity index (χ4n) is 2.55. The smallest absolute Gasteiger partial charge is 0.335 e. The van der Waals surface area contributed by atoms with E-state index in [2.05, 4.69) is 0 Å². The number of ether oxygens (including phenoxy) is 2. The van der Waals surface area contributed by atoms with Crippen LogP contribution in [0.2, 0.25) is 0 Å². The minimum Gasteiger partial charge on any atom is -0.493 e. The molecule has 3 aromatic rings. The van der Waals surface area contributed by atoms with Gasteiger partial charge in [-0.3, -0.25) is 4.79 Å². The van der Waals surface area contributed by atoms with E-state index >= 15 is 0 Å². The number of fused-ring (bicyclic) bond motifs is 1. The van der Waals surface area contributed by atoms with E-state index in [9.17, 15) is 9.59 Å². The standard InChI is InChI=1S/C19H16O6/c1-11(20)15-9-16(23-2)18-14(7-8-24-18)17(15)25-10-12-3-5-13(6-4-12)19(21)22/h3-9H,10H2,1-2H3,(H,21,22). The van der Waals surface area contributed by atoms with E-state index in [0.717, 1.165) is 5.56 Å². The number of methoxy groups -OCH3 is 1. The van der Waals surface area contributed by atoms with Crippen molar-refractivity contribution in [2.45, 2.75) is 13.5 Å². The van der Waals surface area contributed by atoms with Gasteiger partial charge in [-0.1, -0.05) is 12.1 Å². The number of benzene rings is 2. The lowest BCUT2D eigenvalue weighted by molar-refractivity contribution is 0.0696. The predicted octanol–water partition coefficient (Wildman–Crippen LogP) is 3.92. The van der Waals surface area contributed by atoms with Gasteiger partial charge in [0.05, 0.1) is 29.9 Å². The minimum absolute atomic E-state index is 0.155. The lowest BCUT2D eigenvalue weighted by Crippen LogP contribution is -2.03. The van der Waals surface area contributed by atoms with Crippen LogP contribution in [0.15, 0.2) is 47.1 Å². The molecule has 0 saturated heterocycles. The average molecular weight is 340 g/mol. The normalized spacial score (nSPS) is 10.6. The van der Waals surface area contributed by atoms with Crippen LogP contribution in [0.5, 0.6) is 11.5 Å². The molecule has 0 amide bonds. The average Bonchev–Trinajstić information content (AvgIpc) is 3.09. The van der Waals surface area contributed by atoms with Crippen LogP contribution in [-0.4, -0.2) is 24.0 Å². The van der Waals surface area contributed by atoms with Crippen molar-refractivity contribution >= 4 is 22.7 Å². The summed E-state index contributed by atoms with van der Waals surface area (Å²) in [6, 6.07) is 9.67. The number of aromatic carboxylic acids is 1. The first kappa shape index (κ1) is 16.6. The van der Waals surface area contributed by atoms with Crippen molar-refractivity contribution in [1.29, 1.82) is 0 Å². The predicted molar refractivity (Wildman–Crippen MR) is 90.5 cm³/mol.